The Bertz CT molecular complexity index is 105. The standard InChI is InChI=1S/C3H7NO3P/c1-2-3(4)7-8(5)6/h2-3H,1,4H2,(H,5,6). The molecule has 0 amide bonds. The Morgan fingerprint density at radius 1 is 2.00 bits per heavy atom. The lowest BCUT2D eigenvalue weighted by atomic mass is 10.6. The summed E-state index contributed by atoms with van der Waals surface area (Å²) in [5.41, 5.74) is 4.99. The van der Waals surface area contributed by atoms with E-state index in [4.69, 9.17) is 10.6 Å². The molecule has 8 heavy (non-hydrogen) atoms. The van der Waals surface area contributed by atoms with E-state index in [1.807, 2.05) is 0 Å². The zero-order valence-corrected chi connectivity index (χ0v) is 5.04. The van der Waals surface area contributed by atoms with E-state index in [0.29, 0.717) is 0 Å². The van der Waals surface area contributed by atoms with E-state index in [-0.39, 0.29) is 0 Å². The van der Waals surface area contributed by atoms with Crippen molar-refractivity contribution in [2.24, 2.45) is 5.73 Å². The Labute approximate surface area is 47.9 Å². The molecule has 47 valence electrons. The van der Waals surface area contributed by atoms with E-state index in [9.17, 15) is 4.57 Å². The topological polar surface area (TPSA) is 72.5 Å². The van der Waals surface area contributed by atoms with Crippen LogP contribution in [0.25, 0.3) is 0 Å². The van der Waals surface area contributed by atoms with Crippen LogP contribution in [0.5, 0.6) is 0 Å². The van der Waals surface area contributed by atoms with Gasteiger partial charge in [0.15, 0.2) is 0 Å². The molecule has 2 unspecified atom stereocenters. The zero-order valence-electron chi connectivity index (χ0n) is 4.15. The first-order valence-electron chi connectivity index (χ1n) is 1.88. The second-order valence-corrected chi connectivity index (χ2v) is 1.73. The molecule has 0 aromatic carbocycles. The fourth-order valence-electron chi connectivity index (χ4n) is 0.147. The molecule has 5 heteroatoms. The maximum atomic E-state index is 9.77. The van der Waals surface area contributed by atoms with Crippen LogP contribution in [0.15, 0.2) is 12.7 Å². The molecule has 3 N–H and O–H groups in total. The van der Waals surface area contributed by atoms with Gasteiger partial charge in [0.2, 0.25) is 0 Å². The van der Waals surface area contributed by atoms with Gasteiger partial charge in [-0.15, -0.1) is 0 Å². The largest absolute Gasteiger partial charge is 0.367 e. The molecule has 0 saturated heterocycles. The summed E-state index contributed by atoms with van der Waals surface area (Å²) in [4.78, 5) is 8.01. The SMILES string of the molecule is C=CC(N)O[P](=O)O. The first-order chi connectivity index (χ1) is 3.66. The van der Waals surface area contributed by atoms with Crippen molar-refractivity contribution >= 4 is 8.25 Å². The van der Waals surface area contributed by atoms with Crippen molar-refractivity contribution in [1.29, 1.82) is 0 Å². The van der Waals surface area contributed by atoms with Crippen molar-refractivity contribution in [2.45, 2.75) is 6.23 Å². The van der Waals surface area contributed by atoms with Gasteiger partial charge in [0.05, 0.1) is 0 Å². The molecule has 0 aliphatic carbocycles. The maximum Gasteiger partial charge on any atom is 0.367 e. The number of hydrogen-bond donors (Lipinski definition) is 2. The zero-order chi connectivity index (χ0) is 6.57. The summed E-state index contributed by atoms with van der Waals surface area (Å²) in [6, 6.07) is 0. The van der Waals surface area contributed by atoms with Crippen molar-refractivity contribution in [3.63, 3.8) is 0 Å². The third-order valence-electron chi connectivity index (χ3n) is 0.444. The Morgan fingerprint density at radius 2 is 2.50 bits per heavy atom. The average molecular weight is 136 g/mol. The summed E-state index contributed by atoms with van der Waals surface area (Å²) in [6.45, 7) is 3.22. The van der Waals surface area contributed by atoms with Crippen LogP contribution in [0, 0.1) is 0 Å². The molecule has 0 saturated carbocycles. The van der Waals surface area contributed by atoms with Gasteiger partial charge in [-0.25, -0.2) is 4.57 Å². The highest BCUT2D eigenvalue weighted by atomic mass is 31.1. The second-order valence-electron chi connectivity index (χ2n) is 1.04. The average Bonchev–Trinajstić information content (AvgIpc) is 1.65. The number of nitrogens with two attached hydrogens (primary N) is 1. The minimum absolute atomic E-state index is 0.844. The summed E-state index contributed by atoms with van der Waals surface area (Å²) >= 11 is 0. The fraction of sp³-hybridized carbons (Fsp3) is 0.333. The fourth-order valence-corrected chi connectivity index (χ4v) is 0.441. The summed E-state index contributed by atoms with van der Waals surface area (Å²) in [7, 11) is -2.59. The lowest BCUT2D eigenvalue weighted by Crippen LogP contribution is -2.16. The van der Waals surface area contributed by atoms with Crippen molar-refractivity contribution in [3.05, 3.63) is 12.7 Å². The Kier molecular flexibility index (Phi) is 3.56. The van der Waals surface area contributed by atoms with Crippen molar-refractivity contribution in [1.82, 2.24) is 0 Å². The highest BCUT2D eigenvalue weighted by Crippen LogP contribution is 2.15. The third kappa shape index (κ3) is 3.89. The first-order valence-corrected chi connectivity index (χ1v) is 3.01. The van der Waals surface area contributed by atoms with Crippen LogP contribution in [-0.2, 0) is 9.09 Å². The van der Waals surface area contributed by atoms with Gasteiger partial charge in [0, 0.05) is 0 Å². The lowest BCUT2D eigenvalue weighted by molar-refractivity contribution is 0.235. The van der Waals surface area contributed by atoms with Gasteiger partial charge in [0.25, 0.3) is 0 Å². The molecule has 0 aliphatic heterocycles. The van der Waals surface area contributed by atoms with Crippen LogP contribution in [0.1, 0.15) is 0 Å². The molecular formula is C3H7NO3P. The summed E-state index contributed by atoms with van der Waals surface area (Å²) in [5, 5.41) is 0. The van der Waals surface area contributed by atoms with E-state index < -0.39 is 14.5 Å². The van der Waals surface area contributed by atoms with Gasteiger partial charge < -0.3 is 5.73 Å². The van der Waals surface area contributed by atoms with Crippen molar-refractivity contribution in [3.8, 4) is 0 Å². The molecule has 0 aliphatic rings. The summed E-state index contributed by atoms with van der Waals surface area (Å²) < 4.78 is 13.9. The van der Waals surface area contributed by atoms with Gasteiger partial charge in [-0.1, -0.05) is 6.58 Å². The van der Waals surface area contributed by atoms with Gasteiger partial charge in [0.1, 0.15) is 6.23 Å². The molecular weight excluding hydrogens is 129 g/mol. The summed E-state index contributed by atoms with van der Waals surface area (Å²) in [5.74, 6) is 0. The Balaban J connectivity index is 3.38. The van der Waals surface area contributed by atoms with Crippen molar-refractivity contribution in [2.75, 3.05) is 0 Å². The van der Waals surface area contributed by atoms with Crippen LogP contribution in [-0.4, -0.2) is 11.1 Å². The summed E-state index contributed by atoms with van der Waals surface area (Å²) in [6.07, 6.45) is 0.382. The lowest BCUT2D eigenvalue weighted by Gasteiger charge is -1.99. The molecule has 0 bridgehead atoms. The number of hydrogen-bond acceptors (Lipinski definition) is 3. The minimum atomic E-state index is -2.59. The van der Waals surface area contributed by atoms with Crippen LogP contribution in [0.4, 0.5) is 0 Å². The van der Waals surface area contributed by atoms with Crippen molar-refractivity contribution < 1.29 is 14.0 Å². The monoisotopic (exact) mass is 136 g/mol. The quantitative estimate of drug-likeness (QED) is 0.328. The molecule has 2 atom stereocenters. The molecule has 0 aromatic heterocycles. The van der Waals surface area contributed by atoms with Crippen LogP contribution >= 0.6 is 8.25 Å². The van der Waals surface area contributed by atoms with Gasteiger partial charge in [-0.05, 0) is 6.08 Å². The van der Waals surface area contributed by atoms with E-state index in [0.717, 1.165) is 0 Å². The molecule has 0 rings (SSSR count). The molecule has 0 fully saturated rings. The van der Waals surface area contributed by atoms with Gasteiger partial charge >= 0.3 is 8.25 Å². The molecule has 4 nitrogen and oxygen atoms in total. The normalized spacial score (nSPS) is 15.0. The molecule has 1 radical (unpaired) electrons. The Hall–Kier alpha value is -0.280. The van der Waals surface area contributed by atoms with E-state index in [1.165, 1.54) is 6.08 Å². The molecule has 0 heterocycles. The van der Waals surface area contributed by atoms with E-state index >= 15 is 0 Å². The molecule has 0 spiro atoms. The predicted octanol–water partition coefficient (Wildman–Crippen LogP) is 0.123. The highest BCUT2D eigenvalue weighted by Gasteiger charge is 1.98. The third-order valence-corrected chi connectivity index (χ3v) is 0.868. The maximum absolute atomic E-state index is 9.77. The molecule has 0 aromatic rings. The smallest absolute Gasteiger partial charge is 0.302 e. The van der Waals surface area contributed by atoms with E-state index in [1.54, 1.807) is 0 Å². The Morgan fingerprint density at radius 3 is 2.62 bits per heavy atom. The second kappa shape index (κ2) is 3.69. The van der Waals surface area contributed by atoms with E-state index in [2.05, 4.69) is 11.1 Å². The number of rotatable bonds is 3. The first kappa shape index (κ1) is 7.72. The van der Waals surface area contributed by atoms with Crippen LogP contribution in [0.3, 0.4) is 0 Å². The highest BCUT2D eigenvalue weighted by molar-refractivity contribution is 7.32. The predicted molar refractivity (Wildman–Crippen MR) is 29.1 cm³/mol. The van der Waals surface area contributed by atoms with Gasteiger partial charge in [-0.3, -0.25) is 9.42 Å². The van der Waals surface area contributed by atoms with Crippen LogP contribution in [0.2, 0.25) is 0 Å². The minimum Gasteiger partial charge on any atom is -0.302 e. The van der Waals surface area contributed by atoms with Gasteiger partial charge in [-0.2, -0.15) is 0 Å². The van der Waals surface area contributed by atoms with Crippen LogP contribution < -0.4 is 5.73 Å².